The smallest absolute Gasteiger partial charge is 0.190 e. The Hall–Kier alpha value is -1.85. The average Bonchev–Trinajstić information content (AvgIpc) is 2.92. The number of benzene rings is 1. The standard InChI is InChI=1S/C14H20F2N4/c1-17-14(18-2)19-8-10-5-6-20(9-10)11-3-4-12(15)13(16)7-11/h3-4,7,10H,5-6,8-9H2,1-2H3,(H2,17,18,19)/t10-/m0/s1. The fourth-order valence-electron chi connectivity index (χ4n) is 2.44. The number of halogens is 2. The van der Waals surface area contributed by atoms with Gasteiger partial charge in [0, 0.05) is 45.5 Å². The van der Waals surface area contributed by atoms with Crippen LogP contribution in [0, 0.1) is 17.6 Å². The number of nitrogens with zero attached hydrogens (tertiary/aromatic N) is 2. The Morgan fingerprint density at radius 3 is 2.85 bits per heavy atom. The lowest BCUT2D eigenvalue weighted by atomic mass is 10.1. The van der Waals surface area contributed by atoms with Crippen molar-refractivity contribution >= 4 is 11.6 Å². The van der Waals surface area contributed by atoms with Crippen LogP contribution in [-0.4, -0.2) is 39.7 Å². The zero-order chi connectivity index (χ0) is 14.5. The number of anilines is 1. The van der Waals surface area contributed by atoms with Crippen molar-refractivity contribution in [1.29, 1.82) is 0 Å². The van der Waals surface area contributed by atoms with Crippen molar-refractivity contribution < 1.29 is 8.78 Å². The fraction of sp³-hybridized carbons (Fsp3) is 0.500. The van der Waals surface area contributed by atoms with Gasteiger partial charge in [-0.2, -0.15) is 0 Å². The van der Waals surface area contributed by atoms with E-state index in [1.165, 1.54) is 12.1 Å². The molecule has 0 aliphatic carbocycles. The van der Waals surface area contributed by atoms with E-state index in [2.05, 4.69) is 20.5 Å². The zero-order valence-corrected chi connectivity index (χ0v) is 11.8. The molecule has 4 nitrogen and oxygen atoms in total. The summed E-state index contributed by atoms with van der Waals surface area (Å²) in [6.07, 6.45) is 1.02. The highest BCUT2D eigenvalue weighted by Gasteiger charge is 2.23. The maximum absolute atomic E-state index is 13.2. The molecule has 110 valence electrons. The van der Waals surface area contributed by atoms with Crippen LogP contribution in [0.25, 0.3) is 0 Å². The summed E-state index contributed by atoms with van der Waals surface area (Å²) in [4.78, 5) is 6.14. The normalized spacial score (nSPS) is 19.3. The molecule has 1 aromatic rings. The van der Waals surface area contributed by atoms with Crippen LogP contribution in [0.4, 0.5) is 14.5 Å². The average molecular weight is 282 g/mol. The highest BCUT2D eigenvalue weighted by molar-refractivity contribution is 5.79. The molecule has 1 aromatic carbocycles. The van der Waals surface area contributed by atoms with E-state index < -0.39 is 11.6 Å². The van der Waals surface area contributed by atoms with Crippen molar-refractivity contribution in [3.05, 3.63) is 29.8 Å². The minimum absolute atomic E-state index is 0.466. The van der Waals surface area contributed by atoms with Crippen LogP contribution < -0.4 is 15.5 Å². The number of rotatable bonds is 3. The lowest BCUT2D eigenvalue weighted by Gasteiger charge is -2.19. The summed E-state index contributed by atoms with van der Waals surface area (Å²) in [7, 11) is 3.54. The van der Waals surface area contributed by atoms with Gasteiger partial charge in [0.05, 0.1) is 0 Å². The lowest BCUT2D eigenvalue weighted by Crippen LogP contribution is -2.38. The molecule has 1 fully saturated rings. The topological polar surface area (TPSA) is 39.7 Å². The molecule has 0 radical (unpaired) electrons. The van der Waals surface area contributed by atoms with Crippen LogP contribution in [-0.2, 0) is 0 Å². The Morgan fingerprint density at radius 1 is 1.40 bits per heavy atom. The van der Waals surface area contributed by atoms with Crippen molar-refractivity contribution in [2.24, 2.45) is 10.9 Å². The van der Waals surface area contributed by atoms with Crippen LogP contribution in [0.1, 0.15) is 6.42 Å². The van der Waals surface area contributed by atoms with Gasteiger partial charge in [0.1, 0.15) is 0 Å². The molecule has 0 amide bonds. The monoisotopic (exact) mass is 282 g/mol. The van der Waals surface area contributed by atoms with E-state index in [9.17, 15) is 8.78 Å². The SMILES string of the molecule is CN=C(NC)NC[C@@H]1CCN(c2ccc(F)c(F)c2)C1. The molecule has 0 aromatic heterocycles. The predicted molar refractivity (Wildman–Crippen MR) is 77.1 cm³/mol. The summed E-state index contributed by atoms with van der Waals surface area (Å²) in [5, 5.41) is 6.20. The van der Waals surface area contributed by atoms with E-state index in [0.29, 0.717) is 5.92 Å². The van der Waals surface area contributed by atoms with E-state index in [-0.39, 0.29) is 0 Å². The first-order valence-electron chi connectivity index (χ1n) is 6.72. The van der Waals surface area contributed by atoms with Gasteiger partial charge in [-0.15, -0.1) is 0 Å². The van der Waals surface area contributed by atoms with Gasteiger partial charge >= 0.3 is 0 Å². The Balaban J connectivity index is 1.90. The van der Waals surface area contributed by atoms with Crippen LogP contribution in [0.5, 0.6) is 0 Å². The molecule has 0 spiro atoms. The molecule has 0 saturated carbocycles. The third-order valence-electron chi connectivity index (χ3n) is 3.57. The van der Waals surface area contributed by atoms with Gasteiger partial charge in [-0.1, -0.05) is 0 Å². The van der Waals surface area contributed by atoms with Crippen LogP contribution in [0.15, 0.2) is 23.2 Å². The molecule has 1 saturated heterocycles. The van der Waals surface area contributed by atoms with Crippen molar-refractivity contribution in [3.8, 4) is 0 Å². The second kappa shape index (κ2) is 6.54. The number of aliphatic imine (C=N–C) groups is 1. The van der Waals surface area contributed by atoms with E-state index in [0.717, 1.165) is 37.7 Å². The summed E-state index contributed by atoms with van der Waals surface area (Å²) in [5.41, 5.74) is 0.740. The molecule has 2 rings (SSSR count). The quantitative estimate of drug-likeness (QED) is 0.653. The van der Waals surface area contributed by atoms with E-state index >= 15 is 0 Å². The first-order valence-corrected chi connectivity index (χ1v) is 6.72. The summed E-state index contributed by atoms with van der Waals surface area (Å²) < 4.78 is 26.2. The maximum atomic E-state index is 13.2. The molecule has 6 heteroatoms. The largest absolute Gasteiger partial charge is 0.371 e. The van der Waals surface area contributed by atoms with Gasteiger partial charge in [-0.05, 0) is 24.5 Å². The van der Waals surface area contributed by atoms with Gasteiger partial charge in [-0.25, -0.2) is 8.78 Å². The van der Waals surface area contributed by atoms with Crippen LogP contribution >= 0.6 is 0 Å². The zero-order valence-electron chi connectivity index (χ0n) is 11.8. The molecular weight excluding hydrogens is 262 g/mol. The highest BCUT2D eigenvalue weighted by Crippen LogP contribution is 2.24. The lowest BCUT2D eigenvalue weighted by molar-refractivity contribution is 0.508. The Labute approximate surface area is 117 Å². The first-order chi connectivity index (χ1) is 9.63. The van der Waals surface area contributed by atoms with Crippen LogP contribution in [0.2, 0.25) is 0 Å². The van der Waals surface area contributed by atoms with E-state index in [1.54, 1.807) is 13.1 Å². The molecule has 0 unspecified atom stereocenters. The molecule has 1 aliphatic heterocycles. The van der Waals surface area contributed by atoms with E-state index in [1.807, 2.05) is 7.05 Å². The second-order valence-corrected chi connectivity index (χ2v) is 4.90. The summed E-state index contributed by atoms with van der Waals surface area (Å²) in [6.45, 7) is 2.50. The molecular formula is C14H20F2N4. The third-order valence-corrected chi connectivity index (χ3v) is 3.57. The Morgan fingerprint density at radius 2 is 2.20 bits per heavy atom. The summed E-state index contributed by atoms with van der Waals surface area (Å²) in [6, 6.07) is 4.07. The molecule has 1 aliphatic rings. The summed E-state index contributed by atoms with van der Waals surface area (Å²) >= 11 is 0. The van der Waals surface area contributed by atoms with Gasteiger partial charge in [0.25, 0.3) is 0 Å². The van der Waals surface area contributed by atoms with Gasteiger partial charge in [0.2, 0.25) is 0 Å². The molecule has 0 bridgehead atoms. The fourth-order valence-corrected chi connectivity index (χ4v) is 2.44. The summed E-state index contributed by atoms with van der Waals surface area (Å²) in [5.74, 6) is -0.367. The molecule has 1 heterocycles. The molecule has 1 atom stereocenters. The highest BCUT2D eigenvalue weighted by atomic mass is 19.2. The second-order valence-electron chi connectivity index (χ2n) is 4.90. The Bertz CT molecular complexity index is 490. The van der Waals surface area contributed by atoms with Crippen LogP contribution in [0.3, 0.4) is 0 Å². The number of nitrogens with one attached hydrogen (secondary N) is 2. The molecule has 20 heavy (non-hydrogen) atoms. The van der Waals surface area contributed by atoms with Gasteiger partial charge in [-0.3, -0.25) is 4.99 Å². The Kier molecular flexibility index (Phi) is 4.76. The van der Waals surface area contributed by atoms with Gasteiger partial charge in [0.15, 0.2) is 17.6 Å². The van der Waals surface area contributed by atoms with Crippen molar-refractivity contribution in [2.75, 3.05) is 38.6 Å². The maximum Gasteiger partial charge on any atom is 0.190 e. The van der Waals surface area contributed by atoms with Gasteiger partial charge < -0.3 is 15.5 Å². The number of hydrogen-bond acceptors (Lipinski definition) is 2. The van der Waals surface area contributed by atoms with Crippen molar-refractivity contribution in [1.82, 2.24) is 10.6 Å². The number of hydrogen-bond donors (Lipinski definition) is 2. The molecule has 2 N–H and O–H groups in total. The predicted octanol–water partition coefficient (Wildman–Crippen LogP) is 1.59. The van der Waals surface area contributed by atoms with E-state index in [4.69, 9.17) is 0 Å². The van der Waals surface area contributed by atoms with Crippen molar-refractivity contribution in [2.45, 2.75) is 6.42 Å². The minimum atomic E-state index is -0.802. The third kappa shape index (κ3) is 3.37. The van der Waals surface area contributed by atoms with Crippen molar-refractivity contribution in [3.63, 3.8) is 0 Å². The minimum Gasteiger partial charge on any atom is -0.371 e. The number of guanidine groups is 1. The first kappa shape index (κ1) is 14.6.